The second-order valence-electron chi connectivity index (χ2n) is 4.78. The Balaban J connectivity index is 1.91. The van der Waals surface area contributed by atoms with E-state index in [0.717, 1.165) is 11.3 Å². The Kier molecular flexibility index (Phi) is 5.13. The summed E-state index contributed by atoms with van der Waals surface area (Å²) in [5.74, 6) is -0.434. The maximum Gasteiger partial charge on any atom is 0.320 e. The molecule has 0 atom stereocenters. The van der Waals surface area contributed by atoms with E-state index in [1.165, 1.54) is 0 Å². The first-order valence-electron chi connectivity index (χ1n) is 6.92. The van der Waals surface area contributed by atoms with Crippen molar-refractivity contribution in [2.75, 3.05) is 11.9 Å². The number of hydrogen-bond acceptors (Lipinski definition) is 3. The van der Waals surface area contributed by atoms with Gasteiger partial charge in [-0.1, -0.05) is 30.3 Å². The summed E-state index contributed by atoms with van der Waals surface area (Å²) in [5, 5.41) is 18.0. The number of carboxylic acid groups (broad SMARTS) is 1. The number of urea groups is 1. The Labute approximate surface area is 128 Å². The molecule has 0 bridgehead atoms. The van der Waals surface area contributed by atoms with Crippen molar-refractivity contribution in [2.45, 2.75) is 12.8 Å². The molecule has 2 aromatic rings. The van der Waals surface area contributed by atoms with E-state index < -0.39 is 12.0 Å². The smallest absolute Gasteiger partial charge is 0.320 e. The lowest BCUT2D eigenvalue weighted by Gasteiger charge is -2.03. The number of nitrogens with one attached hydrogen (secondary N) is 2. The summed E-state index contributed by atoms with van der Waals surface area (Å²) in [6.07, 6.45) is 0.419. The van der Waals surface area contributed by atoms with Gasteiger partial charge in [-0.3, -0.25) is 14.8 Å². The van der Waals surface area contributed by atoms with Crippen LogP contribution in [0, 0.1) is 0 Å². The molecule has 0 saturated heterocycles. The number of aromatic nitrogens is 2. The Hall–Kier alpha value is -2.83. The molecule has 2 rings (SSSR count). The van der Waals surface area contributed by atoms with E-state index >= 15 is 0 Å². The van der Waals surface area contributed by atoms with Crippen LogP contribution in [0.15, 0.2) is 36.4 Å². The summed E-state index contributed by atoms with van der Waals surface area (Å²) >= 11 is 0. The minimum Gasteiger partial charge on any atom is -0.481 e. The fourth-order valence-electron chi connectivity index (χ4n) is 2.01. The van der Waals surface area contributed by atoms with Crippen molar-refractivity contribution in [3.63, 3.8) is 0 Å². The fourth-order valence-corrected chi connectivity index (χ4v) is 2.01. The Bertz CT molecular complexity index is 652. The number of carboxylic acids is 1. The summed E-state index contributed by atoms with van der Waals surface area (Å²) in [5.41, 5.74) is 1.90. The normalized spacial score (nSPS) is 10.2. The molecule has 0 fully saturated rings. The predicted octanol–water partition coefficient (Wildman–Crippen LogP) is 2.07. The molecule has 0 radical (unpaired) electrons. The molecule has 3 N–H and O–H groups in total. The minimum atomic E-state index is -0.876. The monoisotopic (exact) mass is 302 g/mol. The quantitative estimate of drug-likeness (QED) is 0.712. The van der Waals surface area contributed by atoms with Gasteiger partial charge in [0.25, 0.3) is 0 Å². The van der Waals surface area contributed by atoms with Gasteiger partial charge >= 0.3 is 12.0 Å². The van der Waals surface area contributed by atoms with Crippen LogP contribution >= 0.6 is 0 Å². The minimum absolute atomic E-state index is 0.0298. The highest BCUT2D eigenvalue weighted by Crippen LogP contribution is 2.21. The average Bonchev–Trinajstić information content (AvgIpc) is 2.85. The predicted molar refractivity (Wildman–Crippen MR) is 82.5 cm³/mol. The van der Waals surface area contributed by atoms with Crippen LogP contribution in [-0.2, 0) is 11.8 Å². The number of amides is 2. The average molecular weight is 302 g/mol. The van der Waals surface area contributed by atoms with Crippen molar-refractivity contribution in [1.82, 2.24) is 15.1 Å². The number of rotatable bonds is 6. The van der Waals surface area contributed by atoms with Gasteiger partial charge in [-0.25, -0.2) is 4.79 Å². The molecule has 22 heavy (non-hydrogen) atoms. The molecule has 0 aliphatic carbocycles. The number of aliphatic carboxylic acids is 1. The van der Waals surface area contributed by atoms with Gasteiger partial charge in [-0.05, 0) is 12.0 Å². The molecule has 0 unspecified atom stereocenters. The van der Waals surface area contributed by atoms with Crippen LogP contribution in [0.3, 0.4) is 0 Å². The van der Waals surface area contributed by atoms with Gasteiger partial charge in [0.05, 0.1) is 5.69 Å². The molecule has 0 aliphatic rings. The molecule has 2 amide bonds. The highest BCUT2D eigenvalue weighted by Gasteiger charge is 2.09. The molecule has 1 heterocycles. The molecular formula is C15H18N4O3. The lowest BCUT2D eigenvalue weighted by molar-refractivity contribution is -0.137. The van der Waals surface area contributed by atoms with E-state index in [-0.39, 0.29) is 6.42 Å². The molecular weight excluding hydrogens is 284 g/mol. The van der Waals surface area contributed by atoms with Crippen molar-refractivity contribution < 1.29 is 14.7 Å². The van der Waals surface area contributed by atoms with E-state index in [1.54, 1.807) is 17.8 Å². The van der Waals surface area contributed by atoms with Crippen LogP contribution in [0.4, 0.5) is 10.6 Å². The molecule has 1 aromatic heterocycles. The number of hydrogen-bond donors (Lipinski definition) is 3. The summed E-state index contributed by atoms with van der Waals surface area (Å²) < 4.78 is 1.69. The Morgan fingerprint density at radius 3 is 2.68 bits per heavy atom. The molecule has 7 heteroatoms. The zero-order chi connectivity index (χ0) is 15.9. The summed E-state index contributed by atoms with van der Waals surface area (Å²) in [6.45, 7) is 0.302. The third-order valence-electron chi connectivity index (χ3n) is 3.04. The largest absolute Gasteiger partial charge is 0.481 e. The zero-order valence-corrected chi connectivity index (χ0v) is 12.2. The SMILES string of the molecule is Cn1nc(NC(=O)NCCCC(=O)O)cc1-c1ccccc1. The molecule has 1 aromatic carbocycles. The Morgan fingerprint density at radius 1 is 1.27 bits per heavy atom. The van der Waals surface area contributed by atoms with E-state index in [1.807, 2.05) is 30.3 Å². The van der Waals surface area contributed by atoms with Crippen molar-refractivity contribution in [2.24, 2.45) is 7.05 Å². The second kappa shape index (κ2) is 7.26. The van der Waals surface area contributed by atoms with Crippen LogP contribution in [0.2, 0.25) is 0 Å². The van der Waals surface area contributed by atoms with Gasteiger partial charge in [0, 0.05) is 26.1 Å². The van der Waals surface area contributed by atoms with Crippen LogP contribution in [0.5, 0.6) is 0 Å². The van der Waals surface area contributed by atoms with Crippen LogP contribution < -0.4 is 10.6 Å². The molecule has 116 valence electrons. The van der Waals surface area contributed by atoms with Crippen LogP contribution in [0.1, 0.15) is 12.8 Å². The third kappa shape index (κ3) is 4.34. The molecule has 7 nitrogen and oxygen atoms in total. The van der Waals surface area contributed by atoms with Crippen molar-refractivity contribution in [1.29, 1.82) is 0 Å². The maximum atomic E-state index is 11.7. The first-order chi connectivity index (χ1) is 10.6. The maximum absolute atomic E-state index is 11.7. The fraction of sp³-hybridized carbons (Fsp3) is 0.267. The lowest BCUT2D eigenvalue weighted by atomic mass is 10.1. The van der Waals surface area contributed by atoms with Gasteiger partial charge in [-0.2, -0.15) is 5.10 Å². The number of carbonyl (C=O) groups excluding carboxylic acids is 1. The van der Waals surface area contributed by atoms with Gasteiger partial charge in [0.1, 0.15) is 0 Å². The first-order valence-corrected chi connectivity index (χ1v) is 6.92. The molecule has 0 aliphatic heterocycles. The number of aryl methyl sites for hydroxylation is 1. The van der Waals surface area contributed by atoms with Crippen LogP contribution in [-0.4, -0.2) is 33.4 Å². The van der Waals surface area contributed by atoms with Gasteiger partial charge < -0.3 is 10.4 Å². The zero-order valence-electron chi connectivity index (χ0n) is 12.2. The highest BCUT2D eigenvalue weighted by molar-refractivity contribution is 5.88. The first kappa shape index (κ1) is 15.6. The van der Waals surface area contributed by atoms with E-state index in [2.05, 4.69) is 15.7 Å². The summed E-state index contributed by atoms with van der Waals surface area (Å²) in [6, 6.07) is 11.1. The second-order valence-corrected chi connectivity index (χ2v) is 4.78. The third-order valence-corrected chi connectivity index (χ3v) is 3.04. The van der Waals surface area contributed by atoms with Crippen LogP contribution in [0.25, 0.3) is 11.3 Å². The number of nitrogens with zero attached hydrogens (tertiary/aromatic N) is 2. The summed E-state index contributed by atoms with van der Waals surface area (Å²) in [4.78, 5) is 22.1. The topological polar surface area (TPSA) is 96.3 Å². The van der Waals surface area contributed by atoms with E-state index in [0.29, 0.717) is 18.8 Å². The number of anilines is 1. The Morgan fingerprint density at radius 2 is 2.00 bits per heavy atom. The lowest BCUT2D eigenvalue weighted by Crippen LogP contribution is -2.30. The van der Waals surface area contributed by atoms with Crippen molar-refractivity contribution >= 4 is 17.8 Å². The van der Waals surface area contributed by atoms with E-state index in [4.69, 9.17) is 5.11 Å². The van der Waals surface area contributed by atoms with Gasteiger partial charge in [0.2, 0.25) is 0 Å². The summed E-state index contributed by atoms with van der Waals surface area (Å²) in [7, 11) is 1.80. The van der Waals surface area contributed by atoms with Gasteiger partial charge in [-0.15, -0.1) is 0 Å². The van der Waals surface area contributed by atoms with Gasteiger partial charge in [0.15, 0.2) is 5.82 Å². The van der Waals surface area contributed by atoms with E-state index in [9.17, 15) is 9.59 Å². The number of carbonyl (C=O) groups is 2. The van der Waals surface area contributed by atoms with Crippen molar-refractivity contribution in [3.05, 3.63) is 36.4 Å². The molecule has 0 saturated carbocycles. The molecule has 0 spiro atoms. The standard InChI is InChI=1S/C15H18N4O3/c1-19-12(11-6-3-2-4-7-11)10-13(18-19)17-15(22)16-9-5-8-14(20)21/h2-4,6-7,10H,5,8-9H2,1H3,(H,20,21)(H2,16,17,18,22). The number of benzene rings is 1. The highest BCUT2D eigenvalue weighted by atomic mass is 16.4. The van der Waals surface area contributed by atoms with Crippen molar-refractivity contribution in [3.8, 4) is 11.3 Å².